The third kappa shape index (κ3) is 3.65. The van der Waals surface area contributed by atoms with Gasteiger partial charge in [0.1, 0.15) is 0 Å². The summed E-state index contributed by atoms with van der Waals surface area (Å²) in [5.74, 6) is 0. The number of rotatable bonds is 4. The van der Waals surface area contributed by atoms with Crippen molar-refractivity contribution in [2.24, 2.45) is 5.73 Å². The molecular weight excluding hydrogens is 231 g/mol. The lowest BCUT2D eigenvalue weighted by Gasteiger charge is -2.23. The second kappa shape index (κ2) is 5.71. The standard InChI is InChI=1S/C11H16Cl2N2/c1-8(6-14)15(2)7-9-3-4-10(12)11(13)5-9/h3-5,8H,6-7,14H2,1-2H3. The summed E-state index contributed by atoms with van der Waals surface area (Å²) < 4.78 is 0. The Labute approximate surface area is 101 Å². The summed E-state index contributed by atoms with van der Waals surface area (Å²) in [5, 5.41) is 1.19. The number of hydrogen-bond acceptors (Lipinski definition) is 2. The van der Waals surface area contributed by atoms with E-state index in [0.29, 0.717) is 22.6 Å². The van der Waals surface area contributed by atoms with E-state index in [1.54, 1.807) is 0 Å². The minimum Gasteiger partial charge on any atom is -0.329 e. The van der Waals surface area contributed by atoms with Crippen LogP contribution in [0.2, 0.25) is 10.0 Å². The highest BCUT2D eigenvalue weighted by atomic mass is 35.5. The van der Waals surface area contributed by atoms with Gasteiger partial charge in [-0.15, -0.1) is 0 Å². The molecule has 0 aliphatic heterocycles. The van der Waals surface area contributed by atoms with E-state index in [1.807, 2.05) is 25.2 Å². The van der Waals surface area contributed by atoms with Crippen LogP contribution in [0.4, 0.5) is 0 Å². The van der Waals surface area contributed by atoms with Gasteiger partial charge in [-0.25, -0.2) is 0 Å². The number of hydrogen-bond donors (Lipinski definition) is 1. The smallest absolute Gasteiger partial charge is 0.0595 e. The highest BCUT2D eigenvalue weighted by molar-refractivity contribution is 6.42. The maximum Gasteiger partial charge on any atom is 0.0595 e. The Balaban J connectivity index is 2.68. The van der Waals surface area contributed by atoms with Crippen LogP contribution in [0.5, 0.6) is 0 Å². The zero-order chi connectivity index (χ0) is 11.4. The lowest BCUT2D eigenvalue weighted by molar-refractivity contribution is 0.255. The maximum atomic E-state index is 5.94. The molecule has 0 aliphatic rings. The van der Waals surface area contributed by atoms with Crippen molar-refractivity contribution in [3.8, 4) is 0 Å². The molecule has 1 rings (SSSR count). The van der Waals surface area contributed by atoms with Crippen LogP contribution >= 0.6 is 23.2 Å². The lowest BCUT2D eigenvalue weighted by Crippen LogP contribution is -2.34. The molecule has 1 aromatic rings. The molecule has 0 aliphatic carbocycles. The van der Waals surface area contributed by atoms with Crippen molar-refractivity contribution in [2.75, 3.05) is 13.6 Å². The van der Waals surface area contributed by atoms with E-state index >= 15 is 0 Å². The third-order valence-electron chi connectivity index (χ3n) is 2.51. The summed E-state index contributed by atoms with van der Waals surface area (Å²) in [5.41, 5.74) is 6.74. The molecule has 0 spiro atoms. The normalized spacial score (nSPS) is 13.2. The molecular formula is C11H16Cl2N2. The Hall–Kier alpha value is -0.280. The van der Waals surface area contributed by atoms with Crippen LogP contribution in [-0.2, 0) is 6.54 Å². The summed E-state index contributed by atoms with van der Waals surface area (Å²) in [7, 11) is 2.04. The van der Waals surface area contributed by atoms with Crippen LogP contribution in [0.25, 0.3) is 0 Å². The van der Waals surface area contributed by atoms with Gasteiger partial charge in [-0.2, -0.15) is 0 Å². The molecule has 1 aromatic carbocycles. The molecule has 2 nitrogen and oxygen atoms in total. The molecule has 0 fully saturated rings. The fourth-order valence-corrected chi connectivity index (χ4v) is 1.58. The van der Waals surface area contributed by atoms with E-state index in [1.165, 1.54) is 0 Å². The van der Waals surface area contributed by atoms with Gasteiger partial charge in [0, 0.05) is 19.1 Å². The lowest BCUT2D eigenvalue weighted by atomic mass is 10.2. The van der Waals surface area contributed by atoms with E-state index in [-0.39, 0.29) is 0 Å². The third-order valence-corrected chi connectivity index (χ3v) is 3.25. The maximum absolute atomic E-state index is 5.94. The second-order valence-electron chi connectivity index (χ2n) is 3.75. The molecule has 0 bridgehead atoms. The Morgan fingerprint density at radius 3 is 2.53 bits per heavy atom. The van der Waals surface area contributed by atoms with Gasteiger partial charge in [-0.1, -0.05) is 29.3 Å². The number of likely N-dealkylation sites (N-methyl/N-ethyl adjacent to an activating group) is 1. The highest BCUT2D eigenvalue weighted by Gasteiger charge is 2.08. The predicted octanol–water partition coefficient (Wildman–Crippen LogP) is 2.77. The fraction of sp³-hybridized carbons (Fsp3) is 0.455. The van der Waals surface area contributed by atoms with Crippen molar-refractivity contribution < 1.29 is 0 Å². The predicted molar refractivity (Wildman–Crippen MR) is 66.4 cm³/mol. The number of halogens is 2. The topological polar surface area (TPSA) is 29.3 Å². The van der Waals surface area contributed by atoms with E-state index in [4.69, 9.17) is 28.9 Å². The molecule has 0 radical (unpaired) electrons. The van der Waals surface area contributed by atoms with Crippen molar-refractivity contribution in [1.29, 1.82) is 0 Å². The Bertz CT molecular complexity index is 328. The molecule has 1 atom stereocenters. The molecule has 15 heavy (non-hydrogen) atoms. The van der Waals surface area contributed by atoms with E-state index < -0.39 is 0 Å². The van der Waals surface area contributed by atoms with Crippen molar-refractivity contribution in [3.63, 3.8) is 0 Å². The van der Waals surface area contributed by atoms with Crippen LogP contribution in [0.15, 0.2) is 18.2 Å². The molecule has 0 amide bonds. The van der Waals surface area contributed by atoms with Crippen LogP contribution in [0.1, 0.15) is 12.5 Å². The molecule has 84 valence electrons. The van der Waals surface area contributed by atoms with Gasteiger partial charge in [0.05, 0.1) is 10.0 Å². The summed E-state index contributed by atoms with van der Waals surface area (Å²) in [6, 6.07) is 6.05. The van der Waals surface area contributed by atoms with Gasteiger partial charge in [-0.05, 0) is 31.7 Å². The number of benzene rings is 1. The molecule has 4 heteroatoms. The first-order valence-corrected chi connectivity index (χ1v) is 5.64. The SMILES string of the molecule is CC(CN)N(C)Cc1ccc(Cl)c(Cl)c1. The van der Waals surface area contributed by atoms with Crippen molar-refractivity contribution in [2.45, 2.75) is 19.5 Å². The summed E-state index contributed by atoms with van der Waals surface area (Å²) >= 11 is 11.8. The quantitative estimate of drug-likeness (QED) is 0.886. The number of nitrogens with zero attached hydrogens (tertiary/aromatic N) is 1. The molecule has 2 N–H and O–H groups in total. The average molecular weight is 247 g/mol. The molecule has 0 aromatic heterocycles. The molecule has 0 saturated carbocycles. The monoisotopic (exact) mass is 246 g/mol. The Morgan fingerprint density at radius 2 is 2.00 bits per heavy atom. The van der Waals surface area contributed by atoms with Crippen molar-refractivity contribution in [3.05, 3.63) is 33.8 Å². The largest absolute Gasteiger partial charge is 0.329 e. The zero-order valence-electron chi connectivity index (χ0n) is 9.00. The van der Waals surface area contributed by atoms with Gasteiger partial charge in [0.15, 0.2) is 0 Å². The van der Waals surface area contributed by atoms with Gasteiger partial charge >= 0.3 is 0 Å². The van der Waals surface area contributed by atoms with Crippen LogP contribution < -0.4 is 5.73 Å². The first-order chi connectivity index (χ1) is 7.04. The van der Waals surface area contributed by atoms with Crippen molar-refractivity contribution >= 4 is 23.2 Å². The molecule has 1 unspecified atom stereocenters. The minimum absolute atomic E-state index is 0.361. The van der Waals surface area contributed by atoms with Gasteiger partial charge in [-0.3, -0.25) is 4.90 Å². The summed E-state index contributed by atoms with van der Waals surface area (Å²) in [4.78, 5) is 2.18. The summed E-state index contributed by atoms with van der Waals surface area (Å²) in [6.07, 6.45) is 0. The van der Waals surface area contributed by atoms with Gasteiger partial charge in [0.2, 0.25) is 0 Å². The Kier molecular flexibility index (Phi) is 4.87. The Morgan fingerprint density at radius 1 is 1.33 bits per heavy atom. The first kappa shape index (κ1) is 12.8. The molecule has 0 heterocycles. The highest BCUT2D eigenvalue weighted by Crippen LogP contribution is 2.23. The second-order valence-corrected chi connectivity index (χ2v) is 4.56. The van der Waals surface area contributed by atoms with E-state index in [2.05, 4.69) is 11.8 Å². The van der Waals surface area contributed by atoms with Crippen molar-refractivity contribution in [1.82, 2.24) is 4.90 Å². The van der Waals surface area contributed by atoms with Gasteiger partial charge < -0.3 is 5.73 Å². The van der Waals surface area contributed by atoms with Crippen LogP contribution in [0.3, 0.4) is 0 Å². The van der Waals surface area contributed by atoms with Crippen LogP contribution in [0, 0.1) is 0 Å². The van der Waals surface area contributed by atoms with E-state index in [0.717, 1.165) is 12.1 Å². The van der Waals surface area contributed by atoms with Crippen LogP contribution in [-0.4, -0.2) is 24.5 Å². The fourth-order valence-electron chi connectivity index (χ4n) is 1.26. The van der Waals surface area contributed by atoms with E-state index in [9.17, 15) is 0 Å². The first-order valence-electron chi connectivity index (χ1n) is 4.89. The average Bonchev–Trinajstić information content (AvgIpc) is 2.22. The van der Waals surface area contributed by atoms with Gasteiger partial charge in [0.25, 0.3) is 0 Å². The number of nitrogens with two attached hydrogens (primary N) is 1. The summed E-state index contributed by atoms with van der Waals surface area (Å²) in [6.45, 7) is 3.57. The zero-order valence-corrected chi connectivity index (χ0v) is 10.5. The molecule has 0 saturated heterocycles. The minimum atomic E-state index is 0.361.